The van der Waals surface area contributed by atoms with Gasteiger partial charge in [-0.25, -0.2) is 0 Å². The van der Waals surface area contributed by atoms with Gasteiger partial charge in [0.2, 0.25) is 0 Å². The summed E-state index contributed by atoms with van der Waals surface area (Å²) in [6.45, 7) is 1.04. The summed E-state index contributed by atoms with van der Waals surface area (Å²) in [6.07, 6.45) is 6.48. The lowest BCUT2D eigenvalue weighted by Gasteiger charge is -2.13. The molecular formula is C15H23NO2. The second-order valence-corrected chi connectivity index (χ2v) is 4.87. The Hall–Kier alpha value is -1.22. The Morgan fingerprint density at radius 2 is 1.83 bits per heavy atom. The van der Waals surface area contributed by atoms with E-state index in [0.29, 0.717) is 0 Å². The van der Waals surface area contributed by atoms with Gasteiger partial charge >= 0.3 is 0 Å². The molecule has 0 bridgehead atoms. The lowest BCUT2D eigenvalue weighted by molar-refractivity contribution is 0.354. The minimum atomic E-state index is 0.741. The van der Waals surface area contributed by atoms with Crippen LogP contribution >= 0.6 is 0 Å². The van der Waals surface area contributed by atoms with Crippen LogP contribution in [0.2, 0.25) is 0 Å². The van der Waals surface area contributed by atoms with Crippen molar-refractivity contribution in [2.24, 2.45) is 0 Å². The molecule has 1 fully saturated rings. The van der Waals surface area contributed by atoms with E-state index in [9.17, 15) is 0 Å². The van der Waals surface area contributed by atoms with Crippen LogP contribution in [0.25, 0.3) is 0 Å². The van der Waals surface area contributed by atoms with Crippen molar-refractivity contribution in [3.8, 4) is 11.5 Å². The zero-order chi connectivity index (χ0) is 12.8. The quantitative estimate of drug-likeness (QED) is 0.841. The number of ether oxygens (including phenoxy) is 2. The van der Waals surface area contributed by atoms with Crippen LogP contribution in [0.4, 0.5) is 0 Å². The van der Waals surface area contributed by atoms with Crippen molar-refractivity contribution >= 4 is 0 Å². The normalized spacial score (nSPS) is 15.9. The Morgan fingerprint density at radius 1 is 1.11 bits per heavy atom. The molecule has 0 radical (unpaired) electrons. The van der Waals surface area contributed by atoms with Crippen LogP contribution < -0.4 is 14.8 Å². The van der Waals surface area contributed by atoms with E-state index in [1.165, 1.54) is 31.2 Å². The third kappa shape index (κ3) is 3.39. The largest absolute Gasteiger partial charge is 0.493 e. The van der Waals surface area contributed by atoms with E-state index >= 15 is 0 Å². The van der Waals surface area contributed by atoms with Gasteiger partial charge in [-0.05, 0) is 43.5 Å². The van der Waals surface area contributed by atoms with Crippen LogP contribution in [-0.4, -0.2) is 26.8 Å². The van der Waals surface area contributed by atoms with Crippen molar-refractivity contribution in [2.75, 3.05) is 20.8 Å². The summed E-state index contributed by atoms with van der Waals surface area (Å²) >= 11 is 0. The molecule has 0 atom stereocenters. The van der Waals surface area contributed by atoms with Crippen molar-refractivity contribution in [1.29, 1.82) is 0 Å². The third-order valence-electron chi connectivity index (χ3n) is 3.65. The number of hydrogen-bond donors (Lipinski definition) is 1. The van der Waals surface area contributed by atoms with E-state index in [4.69, 9.17) is 9.47 Å². The van der Waals surface area contributed by atoms with Crippen molar-refractivity contribution in [3.05, 3.63) is 23.8 Å². The highest BCUT2D eigenvalue weighted by molar-refractivity contribution is 5.42. The molecule has 0 heterocycles. The minimum Gasteiger partial charge on any atom is -0.493 e. The SMILES string of the molecule is COc1ccc(CCNC2CCCC2)cc1OC. The van der Waals surface area contributed by atoms with Crippen LogP contribution in [-0.2, 0) is 6.42 Å². The topological polar surface area (TPSA) is 30.5 Å². The van der Waals surface area contributed by atoms with E-state index in [-0.39, 0.29) is 0 Å². The van der Waals surface area contributed by atoms with E-state index in [1.54, 1.807) is 14.2 Å². The molecule has 3 nitrogen and oxygen atoms in total. The fourth-order valence-corrected chi connectivity index (χ4v) is 2.59. The third-order valence-corrected chi connectivity index (χ3v) is 3.65. The number of rotatable bonds is 6. The summed E-state index contributed by atoms with van der Waals surface area (Å²) in [5, 5.41) is 3.62. The Kier molecular flexibility index (Phi) is 4.88. The van der Waals surface area contributed by atoms with E-state index < -0.39 is 0 Å². The Balaban J connectivity index is 1.84. The maximum absolute atomic E-state index is 5.31. The molecule has 2 rings (SSSR count). The Labute approximate surface area is 109 Å². The first kappa shape index (κ1) is 13.2. The van der Waals surface area contributed by atoms with Gasteiger partial charge in [-0.15, -0.1) is 0 Å². The fraction of sp³-hybridized carbons (Fsp3) is 0.600. The summed E-state index contributed by atoms with van der Waals surface area (Å²) in [4.78, 5) is 0. The molecule has 1 saturated carbocycles. The van der Waals surface area contributed by atoms with Gasteiger partial charge in [0.15, 0.2) is 11.5 Å². The number of nitrogens with one attached hydrogen (secondary N) is 1. The maximum atomic E-state index is 5.31. The molecule has 0 spiro atoms. The minimum absolute atomic E-state index is 0.741. The van der Waals surface area contributed by atoms with Gasteiger partial charge in [0.05, 0.1) is 14.2 Å². The molecule has 1 aromatic carbocycles. The summed E-state index contributed by atoms with van der Waals surface area (Å²) in [7, 11) is 3.34. The van der Waals surface area contributed by atoms with E-state index in [1.807, 2.05) is 6.07 Å². The maximum Gasteiger partial charge on any atom is 0.160 e. The van der Waals surface area contributed by atoms with Crippen molar-refractivity contribution in [1.82, 2.24) is 5.32 Å². The van der Waals surface area contributed by atoms with Crippen LogP contribution in [0.5, 0.6) is 11.5 Å². The van der Waals surface area contributed by atoms with E-state index in [0.717, 1.165) is 30.5 Å². The summed E-state index contributed by atoms with van der Waals surface area (Å²) in [5.41, 5.74) is 1.29. The number of methoxy groups -OCH3 is 2. The Morgan fingerprint density at radius 3 is 2.50 bits per heavy atom. The predicted molar refractivity (Wildman–Crippen MR) is 73.5 cm³/mol. The number of hydrogen-bond acceptors (Lipinski definition) is 3. The van der Waals surface area contributed by atoms with Gasteiger partial charge < -0.3 is 14.8 Å². The highest BCUT2D eigenvalue weighted by Gasteiger charge is 2.13. The molecule has 0 aliphatic heterocycles. The van der Waals surface area contributed by atoms with Gasteiger partial charge in [-0.1, -0.05) is 18.9 Å². The first-order valence-electron chi connectivity index (χ1n) is 6.78. The molecule has 1 N–H and O–H groups in total. The Bertz CT molecular complexity index is 373. The molecule has 0 amide bonds. The average molecular weight is 249 g/mol. The molecule has 18 heavy (non-hydrogen) atoms. The van der Waals surface area contributed by atoms with E-state index in [2.05, 4.69) is 17.4 Å². The smallest absolute Gasteiger partial charge is 0.160 e. The molecular weight excluding hydrogens is 226 g/mol. The monoisotopic (exact) mass is 249 g/mol. The molecule has 3 heteroatoms. The predicted octanol–water partition coefficient (Wildman–Crippen LogP) is 2.78. The van der Waals surface area contributed by atoms with Gasteiger partial charge in [0.1, 0.15) is 0 Å². The highest BCUT2D eigenvalue weighted by Crippen LogP contribution is 2.27. The lowest BCUT2D eigenvalue weighted by Crippen LogP contribution is -2.27. The molecule has 0 saturated heterocycles. The average Bonchev–Trinajstić information content (AvgIpc) is 2.91. The molecule has 0 unspecified atom stereocenters. The van der Waals surface area contributed by atoms with Crippen molar-refractivity contribution in [2.45, 2.75) is 38.1 Å². The van der Waals surface area contributed by atoms with Gasteiger partial charge in [0, 0.05) is 6.04 Å². The standard InChI is InChI=1S/C15H23NO2/c1-17-14-8-7-12(11-15(14)18-2)9-10-16-13-5-3-4-6-13/h7-8,11,13,16H,3-6,9-10H2,1-2H3. The van der Waals surface area contributed by atoms with Gasteiger partial charge in [0.25, 0.3) is 0 Å². The summed E-state index contributed by atoms with van der Waals surface area (Å²) < 4.78 is 10.5. The molecule has 1 aromatic rings. The van der Waals surface area contributed by atoms with Gasteiger partial charge in [-0.3, -0.25) is 0 Å². The molecule has 1 aliphatic rings. The first-order valence-corrected chi connectivity index (χ1v) is 6.78. The zero-order valence-corrected chi connectivity index (χ0v) is 11.4. The first-order chi connectivity index (χ1) is 8.83. The lowest BCUT2D eigenvalue weighted by atomic mass is 10.1. The summed E-state index contributed by atoms with van der Waals surface area (Å²) in [6, 6.07) is 6.89. The summed E-state index contributed by atoms with van der Waals surface area (Å²) in [5.74, 6) is 1.61. The van der Waals surface area contributed by atoms with Crippen molar-refractivity contribution in [3.63, 3.8) is 0 Å². The van der Waals surface area contributed by atoms with Crippen molar-refractivity contribution < 1.29 is 9.47 Å². The second kappa shape index (κ2) is 6.64. The van der Waals surface area contributed by atoms with Crippen LogP contribution in [0.3, 0.4) is 0 Å². The number of benzene rings is 1. The zero-order valence-electron chi connectivity index (χ0n) is 11.4. The fourth-order valence-electron chi connectivity index (χ4n) is 2.59. The van der Waals surface area contributed by atoms with Gasteiger partial charge in [-0.2, -0.15) is 0 Å². The van der Waals surface area contributed by atoms with Crippen LogP contribution in [0.1, 0.15) is 31.2 Å². The van der Waals surface area contributed by atoms with Crippen LogP contribution in [0.15, 0.2) is 18.2 Å². The molecule has 0 aromatic heterocycles. The molecule has 100 valence electrons. The second-order valence-electron chi connectivity index (χ2n) is 4.87. The van der Waals surface area contributed by atoms with Crippen LogP contribution in [0, 0.1) is 0 Å². The highest BCUT2D eigenvalue weighted by atomic mass is 16.5. The molecule has 1 aliphatic carbocycles.